The Morgan fingerprint density at radius 1 is 1.33 bits per heavy atom. The third-order valence-electron chi connectivity index (χ3n) is 3.62. The molecule has 0 fully saturated rings. The van der Waals surface area contributed by atoms with E-state index in [9.17, 15) is 0 Å². The van der Waals surface area contributed by atoms with Gasteiger partial charge in [-0.2, -0.15) is 0 Å². The molecule has 0 bridgehead atoms. The quantitative estimate of drug-likeness (QED) is 0.871. The first kappa shape index (κ1) is 14.7. The number of aromatic nitrogens is 2. The topological polar surface area (TPSA) is 41.0 Å². The maximum atomic E-state index is 4.67. The van der Waals surface area contributed by atoms with Crippen LogP contribution in [0.3, 0.4) is 0 Å². The molecule has 0 aromatic carbocycles. The normalized spacial score (nSPS) is 11.8. The summed E-state index contributed by atoms with van der Waals surface area (Å²) < 4.78 is 0. The predicted octanol–water partition coefficient (Wildman–Crippen LogP) is 3.27. The second-order valence-electron chi connectivity index (χ2n) is 5.60. The van der Waals surface area contributed by atoms with Crippen molar-refractivity contribution in [1.82, 2.24) is 9.97 Å². The van der Waals surface area contributed by atoms with Crippen LogP contribution in [0.1, 0.15) is 52.8 Å². The van der Waals surface area contributed by atoms with Gasteiger partial charge in [0.05, 0.1) is 0 Å². The summed E-state index contributed by atoms with van der Waals surface area (Å²) in [4.78, 5) is 11.4. The lowest BCUT2D eigenvalue weighted by atomic mass is 10.00. The highest BCUT2D eigenvalue weighted by Crippen LogP contribution is 2.26. The van der Waals surface area contributed by atoms with Gasteiger partial charge in [0, 0.05) is 31.6 Å². The molecule has 0 unspecified atom stereocenters. The summed E-state index contributed by atoms with van der Waals surface area (Å²) in [6.45, 7) is 10.9. The second kappa shape index (κ2) is 5.55. The fraction of sp³-hybridized carbons (Fsp3) is 0.714. The first-order valence-corrected chi connectivity index (χ1v) is 6.62. The van der Waals surface area contributed by atoms with Gasteiger partial charge in [-0.3, -0.25) is 0 Å². The molecule has 1 heterocycles. The van der Waals surface area contributed by atoms with Gasteiger partial charge in [-0.05, 0) is 20.3 Å². The molecule has 4 nitrogen and oxygen atoms in total. The van der Waals surface area contributed by atoms with Crippen LogP contribution in [0.15, 0.2) is 6.07 Å². The summed E-state index contributed by atoms with van der Waals surface area (Å²) in [5.74, 6) is 3.07. The Morgan fingerprint density at radius 3 is 2.39 bits per heavy atom. The lowest BCUT2D eigenvalue weighted by molar-refractivity contribution is 0.466. The molecule has 0 aliphatic rings. The van der Waals surface area contributed by atoms with Gasteiger partial charge in [-0.15, -0.1) is 0 Å². The van der Waals surface area contributed by atoms with E-state index >= 15 is 0 Å². The van der Waals surface area contributed by atoms with Crippen molar-refractivity contribution >= 4 is 11.6 Å². The van der Waals surface area contributed by atoms with Gasteiger partial charge >= 0.3 is 0 Å². The van der Waals surface area contributed by atoms with E-state index in [-0.39, 0.29) is 5.54 Å². The average Bonchev–Trinajstić information content (AvgIpc) is 2.36. The van der Waals surface area contributed by atoms with Crippen molar-refractivity contribution in [2.45, 2.75) is 52.5 Å². The van der Waals surface area contributed by atoms with Crippen LogP contribution in [-0.4, -0.2) is 29.6 Å². The summed E-state index contributed by atoms with van der Waals surface area (Å²) in [5, 5.41) is 3.11. The highest BCUT2D eigenvalue weighted by molar-refractivity contribution is 5.50. The third-order valence-corrected chi connectivity index (χ3v) is 3.62. The maximum absolute atomic E-state index is 4.67. The molecular formula is C14H26N4. The fourth-order valence-electron chi connectivity index (χ4n) is 1.56. The van der Waals surface area contributed by atoms with Crippen LogP contribution in [0.25, 0.3) is 0 Å². The van der Waals surface area contributed by atoms with Crippen molar-refractivity contribution in [2.75, 3.05) is 24.3 Å². The molecule has 0 saturated carbocycles. The van der Waals surface area contributed by atoms with Crippen LogP contribution in [0.2, 0.25) is 0 Å². The summed E-state index contributed by atoms with van der Waals surface area (Å²) in [7, 11) is 3.98. The lowest BCUT2D eigenvalue weighted by Gasteiger charge is -2.36. The largest absolute Gasteiger partial charge is 0.373 e. The fourth-order valence-corrected chi connectivity index (χ4v) is 1.56. The zero-order valence-corrected chi connectivity index (χ0v) is 12.7. The monoisotopic (exact) mass is 250 g/mol. The molecule has 18 heavy (non-hydrogen) atoms. The first-order valence-electron chi connectivity index (χ1n) is 6.62. The molecule has 1 N–H and O–H groups in total. The first-order chi connectivity index (χ1) is 8.31. The van der Waals surface area contributed by atoms with Gasteiger partial charge in [0.1, 0.15) is 17.5 Å². The molecule has 0 radical (unpaired) electrons. The van der Waals surface area contributed by atoms with E-state index in [1.807, 2.05) is 13.1 Å². The molecular weight excluding hydrogens is 224 g/mol. The Labute approximate surface area is 111 Å². The number of hydrogen-bond donors (Lipinski definition) is 1. The van der Waals surface area contributed by atoms with Gasteiger partial charge in [0.25, 0.3) is 0 Å². The Hall–Kier alpha value is -1.32. The number of hydrogen-bond acceptors (Lipinski definition) is 4. The average molecular weight is 250 g/mol. The van der Waals surface area contributed by atoms with Crippen molar-refractivity contribution in [3.63, 3.8) is 0 Å². The Balaban J connectivity index is 3.19. The molecule has 102 valence electrons. The summed E-state index contributed by atoms with van der Waals surface area (Å²) >= 11 is 0. The zero-order valence-electron chi connectivity index (χ0n) is 12.7. The predicted molar refractivity (Wildman–Crippen MR) is 78.4 cm³/mol. The van der Waals surface area contributed by atoms with E-state index in [4.69, 9.17) is 0 Å². The standard InChI is InChI=1S/C14H26N4/c1-8-14(4,5)18(7)12-9-11(15-6)16-13(17-12)10(2)3/h9-10H,8H2,1-7H3,(H,15,16,17). The highest BCUT2D eigenvalue weighted by Gasteiger charge is 2.23. The van der Waals surface area contributed by atoms with Crippen molar-refractivity contribution in [2.24, 2.45) is 0 Å². The van der Waals surface area contributed by atoms with E-state index in [1.165, 1.54) is 0 Å². The van der Waals surface area contributed by atoms with Crippen LogP contribution >= 0.6 is 0 Å². The van der Waals surface area contributed by atoms with E-state index in [1.54, 1.807) is 0 Å². The van der Waals surface area contributed by atoms with E-state index in [0.29, 0.717) is 5.92 Å². The summed E-state index contributed by atoms with van der Waals surface area (Å²) in [5.41, 5.74) is 0.0909. The minimum atomic E-state index is 0.0909. The van der Waals surface area contributed by atoms with E-state index in [2.05, 4.69) is 61.9 Å². The van der Waals surface area contributed by atoms with Gasteiger partial charge in [-0.25, -0.2) is 9.97 Å². The van der Waals surface area contributed by atoms with Gasteiger partial charge in [0.15, 0.2) is 0 Å². The number of nitrogens with one attached hydrogen (secondary N) is 1. The van der Waals surface area contributed by atoms with Gasteiger partial charge < -0.3 is 10.2 Å². The van der Waals surface area contributed by atoms with Crippen molar-refractivity contribution in [3.8, 4) is 0 Å². The van der Waals surface area contributed by atoms with E-state index in [0.717, 1.165) is 23.9 Å². The Morgan fingerprint density at radius 2 is 1.94 bits per heavy atom. The molecule has 0 spiro atoms. The van der Waals surface area contributed by atoms with Crippen LogP contribution in [-0.2, 0) is 0 Å². The number of anilines is 2. The molecule has 1 aromatic heterocycles. The SMILES string of the molecule is CCC(C)(C)N(C)c1cc(NC)nc(C(C)C)n1. The lowest BCUT2D eigenvalue weighted by Crippen LogP contribution is -2.41. The molecule has 0 aliphatic carbocycles. The molecule has 0 aliphatic heterocycles. The minimum Gasteiger partial charge on any atom is -0.373 e. The number of rotatable bonds is 5. The maximum Gasteiger partial charge on any atom is 0.135 e. The van der Waals surface area contributed by atoms with E-state index < -0.39 is 0 Å². The van der Waals surface area contributed by atoms with Crippen molar-refractivity contribution in [3.05, 3.63) is 11.9 Å². The zero-order chi connectivity index (χ0) is 13.9. The third kappa shape index (κ3) is 3.12. The molecule has 0 atom stereocenters. The molecule has 1 rings (SSSR count). The van der Waals surface area contributed by atoms with Gasteiger partial charge in [0.2, 0.25) is 0 Å². The Bertz CT molecular complexity index is 399. The van der Waals surface area contributed by atoms with Crippen molar-refractivity contribution in [1.29, 1.82) is 0 Å². The van der Waals surface area contributed by atoms with Crippen LogP contribution < -0.4 is 10.2 Å². The van der Waals surface area contributed by atoms with Crippen LogP contribution in [0.5, 0.6) is 0 Å². The van der Waals surface area contributed by atoms with Crippen LogP contribution in [0, 0.1) is 0 Å². The highest BCUT2D eigenvalue weighted by atomic mass is 15.2. The van der Waals surface area contributed by atoms with Gasteiger partial charge in [-0.1, -0.05) is 20.8 Å². The van der Waals surface area contributed by atoms with Crippen molar-refractivity contribution < 1.29 is 0 Å². The molecule has 1 aromatic rings. The molecule has 4 heteroatoms. The number of nitrogens with zero attached hydrogens (tertiary/aromatic N) is 3. The minimum absolute atomic E-state index is 0.0909. The van der Waals surface area contributed by atoms with Crippen LogP contribution in [0.4, 0.5) is 11.6 Å². The molecule has 0 amide bonds. The smallest absolute Gasteiger partial charge is 0.135 e. The summed E-state index contributed by atoms with van der Waals surface area (Å²) in [6, 6.07) is 2.00. The Kier molecular flexibility index (Phi) is 4.54. The second-order valence-corrected chi connectivity index (χ2v) is 5.60. The molecule has 0 saturated heterocycles. The summed E-state index contributed by atoms with van der Waals surface area (Å²) in [6.07, 6.45) is 1.07.